The number of aryl methyl sites for hydroxylation is 2. The largest absolute Gasteiger partial charge is 0.497 e. The van der Waals surface area contributed by atoms with Crippen LogP contribution in [0.5, 0.6) is 17.2 Å². The van der Waals surface area contributed by atoms with Gasteiger partial charge < -0.3 is 19.3 Å². The molecule has 0 saturated heterocycles. The van der Waals surface area contributed by atoms with E-state index in [4.69, 9.17) is 14.2 Å². The van der Waals surface area contributed by atoms with Gasteiger partial charge >= 0.3 is 11.7 Å². The number of nitrogens with zero attached hydrogens (tertiary/aromatic N) is 3. The number of carbonyl (C=O) groups is 1. The van der Waals surface area contributed by atoms with Gasteiger partial charge in [-0.15, -0.1) is 0 Å². The van der Waals surface area contributed by atoms with Crippen molar-refractivity contribution in [2.75, 3.05) is 14.2 Å². The highest BCUT2D eigenvalue weighted by molar-refractivity contribution is 5.76. The summed E-state index contributed by atoms with van der Waals surface area (Å²) in [6, 6.07) is 12.9. The summed E-state index contributed by atoms with van der Waals surface area (Å²) in [5.41, 5.74) is 0.523. The first kappa shape index (κ1) is 25.9. The lowest BCUT2D eigenvalue weighted by Gasteiger charge is -2.21. The van der Waals surface area contributed by atoms with E-state index < -0.39 is 11.6 Å². The van der Waals surface area contributed by atoms with E-state index in [2.05, 4.69) is 5.10 Å². The zero-order chi connectivity index (χ0) is 25.6. The molecule has 0 amide bonds. The molecule has 0 bridgehead atoms. The number of hydrogen-bond donors (Lipinski definition) is 1. The second-order valence-electron chi connectivity index (χ2n) is 8.74. The van der Waals surface area contributed by atoms with Crippen LogP contribution in [0.1, 0.15) is 44.1 Å². The van der Waals surface area contributed by atoms with Crippen LogP contribution in [-0.4, -0.2) is 45.2 Å². The molecule has 3 rings (SSSR count). The summed E-state index contributed by atoms with van der Waals surface area (Å²) in [6.45, 7) is 5.82. The quantitative estimate of drug-likeness (QED) is 0.420. The number of benzene rings is 2. The van der Waals surface area contributed by atoms with Gasteiger partial charge in [0, 0.05) is 19.0 Å². The van der Waals surface area contributed by atoms with E-state index in [1.807, 2.05) is 31.2 Å². The topological polar surface area (TPSA) is 105 Å². The van der Waals surface area contributed by atoms with E-state index in [1.54, 1.807) is 37.0 Å². The van der Waals surface area contributed by atoms with Gasteiger partial charge in [-0.1, -0.05) is 12.1 Å². The highest BCUT2D eigenvalue weighted by Crippen LogP contribution is 2.23. The predicted molar refractivity (Wildman–Crippen MR) is 132 cm³/mol. The van der Waals surface area contributed by atoms with Crippen LogP contribution in [0.3, 0.4) is 0 Å². The minimum atomic E-state index is -1.29. The van der Waals surface area contributed by atoms with Gasteiger partial charge in [-0.25, -0.2) is 14.3 Å². The minimum Gasteiger partial charge on any atom is -0.497 e. The van der Waals surface area contributed by atoms with Gasteiger partial charge in [0.1, 0.15) is 23.1 Å². The van der Waals surface area contributed by atoms with Crippen molar-refractivity contribution >= 4 is 5.97 Å². The lowest BCUT2D eigenvalue weighted by molar-refractivity contribution is -0.152. The highest BCUT2D eigenvalue weighted by atomic mass is 16.5. The van der Waals surface area contributed by atoms with E-state index in [1.165, 1.54) is 18.5 Å². The maximum Gasteiger partial charge on any atom is 0.347 e. The first-order chi connectivity index (χ1) is 16.7. The van der Waals surface area contributed by atoms with Crippen LogP contribution >= 0.6 is 0 Å². The van der Waals surface area contributed by atoms with Crippen molar-refractivity contribution in [3.63, 3.8) is 0 Å². The summed E-state index contributed by atoms with van der Waals surface area (Å²) >= 11 is 0. The zero-order valence-corrected chi connectivity index (χ0v) is 20.9. The Balaban J connectivity index is 1.66. The molecule has 1 aromatic heterocycles. The Morgan fingerprint density at radius 3 is 2.14 bits per heavy atom. The van der Waals surface area contributed by atoms with E-state index in [0.29, 0.717) is 36.8 Å². The van der Waals surface area contributed by atoms with Crippen LogP contribution < -0.4 is 19.9 Å². The molecule has 0 atom stereocenters. The van der Waals surface area contributed by atoms with Crippen LogP contribution in [0.4, 0.5) is 0 Å². The second-order valence-corrected chi connectivity index (χ2v) is 8.74. The predicted octanol–water partition coefficient (Wildman–Crippen LogP) is 3.55. The summed E-state index contributed by atoms with van der Waals surface area (Å²) in [5.74, 6) is 1.55. The van der Waals surface area contributed by atoms with Gasteiger partial charge in [0.25, 0.3) is 0 Å². The number of methoxy groups -OCH3 is 2. The van der Waals surface area contributed by atoms with Crippen molar-refractivity contribution in [2.24, 2.45) is 0 Å². The standard InChI is InChI=1S/C26H33N3O6/c1-6-28-23(9-7-8-18-10-12-20(13-11-18)35-26(2,3)24(30)31)27-29(25(28)32)17-19-14-21(33-4)16-22(15-19)34-5/h10-16H,6-9,17H2,1-5H3,(H,30,31). The molecule has 1 heterocycles. The minimum absolute atomic E-state index is 0.146. The number of rotatable bonds is 12. The van der Waals surface area contributed by atoms with Gasteiger partial charge in [0.05, 0.1) is 20.8 Å². The lowest BCUT2D eigenvalue weighted by Crippen LogP contribution is -2.37. The summed E-state index contributed by atoms with van der Waals surface area (Å²) in [4.78, 5) is 24.2. The van der Waals surface area contributed by atoms with Gasteiger partial charge in [-0.3, -0.25) is 4.57 Å². The molecule has 0 aliphatic rings. The SMILES string of the molecule is CCn1c(CCCc2ccc(OC(C)(C)C(=O)O)cc2)nn(Cc2cc(OC)cc(OC)c2)c1=O. The van der Waals surface area contributed by atoms with E-state index in [0.717, 1.165) is 29.8 Å². The summed E-state index contributed by atoms with van der Waals surface area (Å²) in [6.07, 6.45) is 2.26. The van der Waals surface area contributed by atoms with E-state index in [9.17, 15) is 14.7 Å². The Labute approximate surface area is 204 Å². The van der Waals surface area contributed by atoms with Crippen LogP contribution in [0, 0.1) is 0 Å². The number of hydrogen-bond acceptors (Lipinski definition) is 6. The first-order valence-electron chi connectivity index (χ1n) is 11.6. The maximum atomic E-state index is 12.9. The fourth-order valence-corrected chi connectivity index (χ4v) is 3.74. The van der Waals surface area contributed by atoms with Gasteiger partial charge in [-0.2, -0.15) is 5.10 Å². The Kier molecular flexibility index (Phi) is 8.22. The molecule has 188 valence electrons. The Bertz CT molecular complexity index is 1190. The fourth-order valence-electron chi connectivity index (χ4n) is 3.74. The number of aliphatic carboxylic acids is 1. The molecular formula is C26H33N3O6. The van der Waals surface area contributed by atoms with Gasteiger partial charge in [0.15, 0.2) is 5.60 Å². The normalized spacial score (nSPS) is 11.3. The Morgan fingerprint density at radius 2 is 1.60 bits per heavy atom. The molecule has 0 aliphatic carbocycles. The highest BCUT2D eigenvalue weighted by Gasteiger charge is 2.29. The molecule has 0 unspecified atom stereocenters. The maximum absolute atomic E-state index is 12.9. The molecule has 0 saturated carbocycles. The Morgan fingerprint density at radius 1 is 0.971 bits per heavy atom. The van der Waals surface area contributed by atoms with Crippen molar-refractivity contribution in [1.29, 1.82) is 0 Å². The summed E-state index contributed by atoms with van der Waals surface area (Å²) in [7, 11) is 3.18. The average molecular weight is 484 g/mol. The molecular weight excluding hydrogens is 450 g/mol. The molecule has 0 radical (unpaired) electrons. The Hall–Kier alpha value is -3.75. The molecule has 1 N–H and O–H groups in total. The third kappa shape index (κ3) is 6.44. The molecule has 0 aliphatic heterocycles. The smallest absolute Gasteiger partial charge is 0.347 e. The average Bonchev–Trinajstić information content (AvgIpc) is 3.13. The molecule has 0 spiro atoms. The van der Waals surface area contributed by atoms with Crippen LogP contribution in [0.25, 0.3) is 0 Å². The number of ether oxygens (including phenoxy) is 3. The van der Waals surface area contributed by atoms with Crippen LogP contribution in [0.2, 0.25) is 0 Å². The monoisotopic (exact) mass is 483 g/mol. The van der Waals surface area contributed by atoms with Crippen molar-refractivity contribution in [3.8, 4) is 17.2 Å². The van der Waals surface area contributed by atoms with E-state index in [-0.39, 0.29) is 5.69 Å². The zero-order valence-electron chi connectivity index (χ0n) is 20.9. The van der Waals surface area contributed by atoms with Crippen molar-refractivity contribution in [1.82, 2.24) is 14.3 Å². The van der Waals surface area contributed by atoms with Gasteiger partial charge in [-0.05, 0) is 69.0 Å². The third-order valence-electron chi connectivity index (χ3n) is 5.74. The molecule has 2 aromatic carbocycles. The summed E-state index contributed by atoms with van der Waals surface area (Å²) < 4.78 is 19.4. The first-order valence-corrected chi connectivity index (χ1v) is 11.6. The van der Waals surface area contributed by atoms with Crippen molar-refractivity contribution in [2.45, 2.75) is 58.7 Å². The summed E-state index contributed by atoms with van der Waals surface area (Å²) in [5, 5.41) is 13.8. The second kappa shape index (κ2) is 11.1. The fraction of sp³-hybridized carbons (Fsp3) is 0.423. The van der Waals surface area contributed by atoms with Crippen LogP contribution in [0.15, 0.2) is 47.3 Å². The molecule has 0 fully saturated rings. The van der Waals surface area contributed by atoms with Crippen molar-refractivity contribution in [3.05, 3.63) is 69.9 Å². The number of carboxylic acids is 1. The van der Waals surface area contributed by atoms with E-state index >= 15 is 0 Å². The van der Waals surface area contributed by atoms with Crippen molar-refractivity contribution < 1.29 is 24.1 Å². The number of aromatic nitrogens is 3. The molecule has 35 heavy (non-hydrogen) atoms. The lowest BCUT2D eigenvalue weighted by atomic mass is 10.1. The molecule has 9 heteroatoms. The van der Waals surface area contributed by atoms with Crippen LogP contribution in [-0.2, 0) is 30.7 Å². The van der Waals surface area contributed by atoms with Gasteiger partial charge in [0.2, 0.25) is 0 Å². The molecule has 3 aromatic rings. The third-order valence-corrected chi connectivity index (χ3v) is 5.74. The molecule has 9 nitrogen and oxygen atoms in total. The number of carboxylic acid groups (broad SMARTS) is 1.